The van der Waals surface area contributed by atoms with Crippen LogP contribution >= 0.6 is 11.3 Å². The Labute approximate surface area is 223 Å². The summed E-state index contributed by atoms with van der Waals surface area (Å²) in [5.74, 6) is 0.134. The number of carbonyl (C=O) groups excluding carboxylic acids is 1. The molecule has 2 aromatic heterocycles. The lowest BCUT2D eigenvalue weighted by Gasteiger charge is -2.33. The Morgan fingerprint density at radius 2 is 1.89 bits per heavy atom. The van der Waals surface area contributed by atoms with Crippen LogP contribution in [0.3, 0.4) is 0 Å². The molecule has 200 valence electrons. The van der Waals surface area contributed by atoms with E-state index in [1.807, 2.05) is 17.6 Å². The normalized spacial score (nSPS) is 19.1. The van der Waals surface area contributed by atoms with Gasteiger partial charge in [0.1, 0.15) is 0 Å². The van der Waals surface area contributed by atoms with Crippen LogP contribution in [0, 0.1) is 0 Å². The molecule has 2 fully saturated rings. The predicted molar refractivity (Wildman–Crippen MR) is 150 cm³/mol. The first-order valence-corrected chi connectivity index (χ1v) is 15.6. The SMILES string of the molecule is CN1CCN(CCCS(=O)(=O)N2CCC(c3c[nH]c4c(CC(N)=O)cc(-c5cccs5)cc34)CC2)CC1. The number of sulfonamides is 1. The zero-order chi connectivity index (χ0) is 26.0. The molecule has 0 unspecified atom stereocenters. The van der Waals surface area contributed by atoms with Crippen molar-refractivity contribution in [2.45, 2.75) is 31.6 Å². The van der Waals surface area contributed by atoms with Gasteiger partial charge < -0.3 is 20.5 Å². The molecule has 0 saturated carbocycles. The number of hydrogen-bond donors (Lipinski definition) is 2. The monoisotopic (exact) mass is 543 g/mol. The highest BCUT2D eigenvalue weighted by molar-refractivity contribution is 7.89. The summed E-state index contributed by atoms with van der Waals surface area (Å²) in [4.78, 5) is 21.0. The van der Waals surface area contributed by atoms with Gasteiger partial charge in [0.05, 0.1) is 12.2 Å². The fraction of sp³-hybridized carbons (Fsp3) is 0.519. The number of rotatable bonds is 9. The topological polar surface area (TPSA) is 103 Å². The first-order chi connectivity index (χ1) is 17.8. The minimum absolute atomic E-state index is 0.181. The largest absolute Gasteiger partial charge is 0.369 e. The van der Waals surface area contributed by atoms with E-state index >= 15 is 0 Å². The molecule has 1 amide bonds. The maximum atomic E-state index is 13.1. The number of thiophene rings is 1. The summed E-state index contributed by atoms with van der Waals surface area (Å²) in [6.45, 7) is 6.07. The molecule has 10 heteroatoms. The van der Waals surface area contributed by atoms with Crippen molar-refractivity contribution in [1.82, 2.24) is 19.1 Å². The van der Waals surface area contributed by atoms with E-state index in [0.29, 0.717) is 19.5 Å². The predicted octanol–water partition coefficient (Wildman–Crippen LogP) is 3.07. The van der Waals surface area contributed by atoms with Crippen molar-refractivity contribution in [2.24, 2.45) is 5.73 Å². The van der Waals surface area contributed by atoms with Crippen LogP contribution in [0.15, 0.2) is 35.8 Å². The Bertz CT molecular complexity index is 1320. The summed E-state index contributed by atoms with van der Waals surface area (Å²) in [7, 11) is -1.12. The molecule has 4 heterocycles. The molecule has 0 aliphatic carbocycles. The lowest BCUT2D eigenvalue weighted by atomic mass is 9.89. The number of primary amides is 1. The van der Waals surface area contributed by atoms with Crippen molar-refractivity contribution in [3.05, 3.63) is 47.0 Å². The average Bonchev–Trinajstić information content (AvgIpc) is 3.56. The minimum atomic E-state index is -3.25. The number of aromatic amines is 1. The molecule has 1 aromatic carbocycles. The van der Waals surface area contributed by atoms with E-state index in [1.165, 1.54) is 5.56 Å². The molecule has 3 aromatic rings. The van der Waals surface area contributed by atoms with Crippen LogP contribution < -0.4 is 5.73 Å². The molecule has 2 aliphatic heterocycles. The third-order valence-electron chi connectivity index (χ3n) is 7.83. The number of nitrogens with one attached hydrogen (secondary N) is 1. The maximum Gasteiger partial charge on any atom is 0.221 e. The van der Waals surface area contributed by atoms with Crippen LogP contribution in [-0.4, -0.2) is 92.0 Å². The molecule has 0 spiro atoms. The van der Waals surface area contributed by atoms with E-state index in [9.17, 15) is 13.2 Å². The maximum absolute atomic E-state index is 13.1. The number of benzene rings is 1. The molecule has 0 bridgehead atoms. The second-order valence-electron chi connectivity index (χ2n) is 10.4. The van der Waals surface area contributed by atoms with Gasteiger partial charge in [-0.05, 0) is 79.0 Å². The van der Waals surface area contributed by atoms with Gasteiger partial charge >= 0.3 is 0 Å². The van der Waals surface area contributed by atoms with E-state index in [4.69, 9.17) is 5.73 Å². The van der Waals surface area contributed by atoms with E-state index in [0.717, 1.165) is 72.5 Å². The molecule has 3 N–H and O–H groups in total. The first kappa shape index (κ1) is 26.4. The molecular weight excluding hydrogens is 506 g/mol. The molecule has 37 heavy (non-hydrogen) atoms. The van der Waals surface area contributed by atoms with Crippen LogP contribution in [0.25, 0.3) is 21.3 Å². The van der Waals surface area contributed by atoms with E-state index in [2.05, 4.69) is 40.0 Å². The number of hydrogen-bond acceptors (Lipinski definition) is 6. The van der Waals surface area contributed by atoms with Crippen molar-refractivity contribution in [3.8, 4) is 10.4 Å². The molecule has 8 nitrogen and oxygen atoms in total. The van der Waals surface area contributed by atoms with E-state index in [-0.39, 0.29) is 24.0 Å². The summed E-state index contributed by atoms with van der Waals surface area (Å²) in [6.07, 6.45) is 4.49. The van der Waals surface area contributed by atoms with Crippen molar-refractivity contribution >= 4 is 38.2 Å². The van der Waals surface area contributed by atoms with Crippen LogP contribution in [-0.2, 0) is 21.2 Å². The number of H-pyrrole nitrogens is 1. The molecular formula is C27H37N5O3S2. The van der Waals surface area contributed by atoms with Gasteiger partial charge in [0.2, 0.25) is 15.9 Å². The Morgan fingerprint density at radius 3 is 2.57 bits per heavy atom. The zero-order valence-electron chi connectivity index (χ0n) is 21.5. The van der Waals surface area contributed by atoms with E-state index in [1.54, 1.807) is 15.6 Å². The highest BCUT2D eigenvalue weighted by Crippen LogP contribution is 2.38. The quantitative estimate of drug-likeness (QED) is 0.432. The highest BCUT2D eigenvalue weighted by atomic mass is 32.2. The number of nitrogens with zero attached hydrogens (tertiary/aromatic N) is 3. The van der Waals surface area contributed by atoms with Gasteiger partial charge in [-0.25, -0.2) is 12.7 Å². The summed E-state index contributed by atoms with van der Waals surface area (Å²) in [5, 5.41) is 3.16. The van der Waals surface area contributed by atoms with Crippen molar-refractivity contribution in [1.29, 1.82) is 0 Å². The van der Waals surface area contributed by atoms with Gasteiger partial charge in [-0.15, -0.1) is 11.3 Å². The zero-order valence-corrected chi connectivity index (χ0v) is 23.1. The van der Waals surface area contributed by atoms with E-state index < -0.39 is 10.0 Å². The van der Waals surface area contributed by atoms with Crippen LogP contribution in [0.5, 0.6) is 0 Å². The van der Waals surface area contributed by atoms with Crippen LogP contribution in [0.4, 0.5) is 0 Å². The van der Waals surface area contributed by atoms with Gasteiger partial charge in [-0.1, -0.05) is 6.07 Å². The van der Waals surface area contributed by atoms with Crippen molar-refractivity contribution in [3.63, 3.8) is 0 Å². The number of nitrogens with two attached hydrogens (primary N) is 1. The summed E-state index contributed by atoms with van der Waals surface area (Å²) in [5.41, 5.74) is 9.69. The summed E-state index contributed by atoms with van der Waals surface area (Å²) < 4.78 is 27.8. The van der Waals surface area contributed by atoms with Crippen LogP contribution in [0.2, 0.25) is 0 Å². The first-order valence-electron chi connectivity index (χ1n) is 13.1. The molecule has 0 atom stereocenters. The van der Waals surface area contributed by atoms with Gasteiger partial charge in [0.25, 0.3) is 0 Å². The number of likely N-dealkylation sites (N-methyl/N-ethyl adjacent to an activating group) is 1. The fourth-order valence-electron chi connectivity index (χ4n) is 5.69. The fourth-order valence-corrected chi connectivity index (χ4v) is 7.93. The Hall–Kier alpha value is -2.24. The molecule has 0 radical (unpaired) electrons. The highest BCUT2D eigenvalue weighted by Gasteiger charge is 2.30. The van der Waals surface area contributed by atoms with Gasteiger partial charge in [0.15, 0.2) is 0 Å². The van der Waals surface area contributed by atoms with Gasteiger partial charge in [-0.2, -0.15) is 0 Å². The lowest BCUT2D eigenvalue weighted by molar-refractivity contribution is -0.117. The second-order valence-corrected chi connectivity index (χ2v) is 13.4. The van der Waals surface area contributed by atoms with Crippen LogP contribution in [0.1, 0.15) is 36.3 Å². The van der Waals surface area contributed by atoms with Gasteiger partial charge in [0, 0.05) is 61.2 Å². The summed E-state index contributed by atoms with van der Waals surface area (Å²) in [6, 6.07) is 8.35. The summed E-state index contributed by atoms with van der Waals surface area (Å²) >= 11 is 1.67. The third-order valence-corrected chi connectivity index (χ3v) is 10.7. The average molecular weight is 544 g/mol. The number of aromatic nitrogens is 1. The lowest BCUT2D eigenvalue weighted by Crippen LogP contribution is -2.45. The Balaban J connectivity index is 1.25. The Kier molecular flexibility index (Phi) is 8.02. The number of piperidine rings is 1. The second kappa shape index (κ2) is 11.2. The number of carbonyl (C=O) groups is 1. The number of amides is 1. The minimum Gasteiger partial charge on any atom is -0.369 e. The standard InChI is InChI=1S/C27H37N5O3S2/c1-30-10-12-31(13-11-30)7-3-15-37(34,35)32-8-5-20(6-9-32)24-19-29-27-22(18-26(28)33)16-21(17-23(24)27)25-4-2-14-36-25/h2,4,14,16-17,19-20,29H,3,5-13,15,18H2,1H3,(H2,28,33). The third kappa shape index (κ3) is 6.09. The van der Waals surface area contributed by atoms with Crippen molar-refractivity contribution in [2.75, 3.05) is 58.6 Å². The molecule has 5 rings (SSSR count). The number of fused-ring (bicyclic) bond motifs is 1. The van der Waals surface area contributed by atoms with Crippen molar-refractivity contribution < 1.29 is 13.2 Å². The molecule has 2 saturated heterocycles. The Morgan fingerprint density at radius 1 is 1.14 bits per heavy atom. The smallest absolute Gasteiger partial charge is 0.221 e. The molecule has 2 aliphatic rings. The number of piperazine rings is 1. The van der Waals surface area contributed by atoms with Gasteiger partial charge in [-0.3, -0.25) is 4.79 Å².